The van der Waals surface area contributed by atoms with Crippen LogP contribution in [-0.2, 0) is 5.88 Å². The molecule has 0 fully saturated rings. The molecule has 18 heavy (non-hydrogen) atoms. The molecule has 0 aliphatic heterocycles. The number of amides is 1. The Morgan fingerprint density at radius 1 is 1.33 bits per heavy atom. The number of nitrogens with one attached hydrogen (secondary N) is 1. The second-order valence-electron chi connectivity index (χ2n) is 3.39. The normalized spacial score (nSPS) is 10.4. The quantitative estimate of drug-likeness (QED) is 0.880. The topological polar surface area (TPSA) is 42.0 Å². The Kier molecular flexibility index (Phi) is 3.88. The lowest BCUT2D eigenvalue weighted by Gasteiger charge is -2.02. The first-order chi connectivity index (χ1) is 8.58. The van der Waals surface area contributed by atoms with Gasteiger partial charge < -0.3 is 0 Å². The summed E-state index contributed by atoms with van der Waals surface area (Å²) in [5.74, 6) is -1.99. The van der Waals surface area contributed by atoms with Gasteiger partial charge in [0.1, 0.15) is 11.6 Å². The zero-order valence-corrected chi connectivity index (χ0v) is 10.5. The summed E-state index contributed by atoms with van der Waals surface area (Å²) in [5.41, 5.74) is 0.525. The Hall–Kier alpha value is -1.53. The second-order valence-corrected chi connectivity index (χ2v) is 4.52. The Morgan fingerprint density at radius 3 is 2.56 bits per heavy atom. The molecule has 1 aromatic carbocycles. The van der Waals surface area contributed by atoms with Crippen LogP contribution < -0.4 is 5.32 Å². The van der Waals surface area contributed by atoms with Crippen LogP contribution in [0.5, 0.6) is 0 Å². The van der Waals surface area contributed by atoms with Gasteiger partial charge in [0.2, 0.25) is 0 Å². The third-order valence-electron chi connectivity index (χ3n) is 2.03. The SMILES string of the molecule is O=C(Nc1nc(CCl)cs1)c1cc(F)cc(F)c1. The van der Waals surface area contributed by atoms with Crippen molar-refractivity contribution < 1.29 is 13.6 Å². The van der Waals surface area contributed by atoms with Crippen LogP contribution in [0.25, 0.3) is 0 Å². The largest absolute Gasteiger partial charge is 0.298 e. The molecular formula is C11H7ClF2N2OS. The summed E-state index contributed by atoms with van der Waals surface area (Å²) < 4.78 is 25.9. The van der Waals surface area contributed by atoms with Gasteiger partial charge in [0, 0.05) is 17.0 Å². The Bertz CT molecular complexity index is 568. The average Bonchev–Trinajstić information content (AvgIpc) is 2.75. The third kappa shape index (κ3) is 3.02. The number of carbonyl (C=O) groups excluding carboxylic acids is 1. The lowest BCUT2D eigenvalue weighted by molar-refractivity contribution is 0.102. The molecular weight excluding hydrogens is 282 g/mol. The molecule has 1 N–H and O–H groups in total. The number of aromatic nitrogens is 1. The summed E-state index contributed by atoms with van der Waals surface area (Å²) in [6.45, 7) is 0. The highest BCUT2D eigenvalue weighted by Gasteiger charge is 2.11. The molecule has 2 rings (SSSR count). The van der Waals surface area contributed by atoms with Crippen molar-refractivity contribution in [1.82, 2.24) is 4.98 Å². The molecule has 1 heterocycles. The molecule has 0 atom stereocenters. The number of hydrogen-bond acceptors (Lipinski definition) is 3. The highest BCUT2D eigenvalue weighted by Crippen LogP contribution is 2.18. The van der Waals surface area contributed by atoms with Crippen molar-refractivity contribution in [3.8, 4) is 0 Å². The number of rotatable bonds is 3. The molecule has 0 bridgehead atoms. The second kappa shape index (κ2) is 5.41. The van der Waals surface area contributed by atoms with Crippen molar-refractivity contribution in [3.63, 3.8) is 0 Å². The molecule has 0 aliphatic carbocycles. The summed E-state index contributed by atoms with van der Waals surface area (Å²) in [7, 11) is 0. The molecule has 0 aliphatic rings. The van der Waals surface area contributed by atoms with Gasteiger partial charge in [-0.15, -0.1) is 22.9 Å². The molecule has 0 spiro atoms. The summed E-state index contributed by atoms with van der Waals surface area (Å²) >= 11 is 6.76. The smallest absolute Gasteiger partial charge is 0.257 e. The van der Waals surface area contributed by atoms with E-state index in [-0.39, 0.29) is 11.4 Å². The number of carbonyl (C=O) groups is 1. The van der Waals surface area contributed by atoms with Gasteiger partial charge >= 0.3 is 0 Å². The minimum absolute atomic E-state index is 0.102. The lowest BCUT2D eigenvalue weighted by Crippen LogP contribution is -2.12. The highest BCUT2D eigenvalue weighted by molar-refractivity contribution is 7.14. The maximum atomic E-state index is 12.9. The van der Waals surface area contributed by atoms with Gasteiger partial charge in [0.05, 0.1) is 11.6 Å². The Balaban J connectivity index is 2.16. The molecule has 0 saturated carbocycles. The van der Waals surface area contributed by atoms with Crippen molar-refractivity contribution in [2.24, 2.45) is 0 Å². The van der Waals surface area contributed by atoms with E-state index in [2.05, 4.69) is 10.3 Å². The van der Waals surface area contributed by atoms with Crippen LogP contribution >= 0.6 is 22.9 Å². The van der Waals surface area contributed by atoms with E-state index in [0.29, 0.717) is 16.9 Å². The van der Waals surface area contributed by atoms with Gasteiger partial charge in [-0.25, -0.2) is 13.8 Å². The molecule has 0 radical (unpaired) electrons. The molecule has 0 saturated heterocycles. The van der Waals surface area contributed by atoms with E-state index in [1.807, 2.05) is 0 Å². The van der Waals surface area contributed by atoms with Gasteiger partial charge in [-0.05, 0) is 12.1 Å². The predicted molar refractivity (Wildman–Crippen MR) is 66.0 cm³/mol. The number of benzene rings is 1. The zero-order valence-electron chi connectivity index (χ0n) is 8.91. The third-order valence-corrected chi connectivity index (χ3v) is 3.11. The Labute approximate surface area is 110 Å². The van der Waals surface area contributed by atoms with Crippen LogP contribution in [0.15, 0.2) is 23.6 Å². The van der Waals surface area contributed by atoms with Crippen LogP contribution in [-0.4, -0.2) is 10.9 Å². The van der Waals surface area contributed by atoms with Crippen LogP contribution in [0, 0.1) is 11.6 Å². The lowest BCUT2D eigenvalue weighted by atomic mass is 10.2. The predicted octanol–water partition coefficient (Wildman–Crippen LogP) is 3.41. The molecule has 3 nitrogen and oxygen atoms in total. The standard InChI is InChI=1S/C11H7ClF2N2OS/c12-4-9-5-18-11(15-9)16-10(17)6-1-7(13)3-8(14)2-6/h1-3,5H,4H2,(H,15,16,17). The zero-order chi connectivity index (χ0) is 13.1. The van der Waals surface area contributed by atoms with Gasteiger partial charge in [0.15, 0.2) is 5.13 Å². The van der Waals surface area contributed by atoms with Crippen LogP contribution in [0.1, 0.15) is 16.1 Å². The van der Waals surface area contributed by atoms with Crippen LogP contribution in [0.3, 0.4) is 0 Å². The number of anilines is 1. The number of thiazole rings is 1. The fourth-order valence-corrected chi connectivity index (χ4v) is 2.21. The maximum absolute atomic E-state index is 12.9. The first-order valence-electron chi connectivity index (χ1n) is 4.86. The summed E-state index contributed by atoms with van der Waals surface area (Å²) in [6.07, 6.45) is 0. The van der Waals surface area contributed by atoms with Crippen LogP contribution in [0.4, 0.5) is 13.9 Å². The van der Waals surface area contributed by atoms with Crippen molar-refractivity contribution >= 4 is 34.0 Å². The molecule has 1 amide bonds. The van der Waals surface area contributed by atoms with Gasteiger partial charge in [-0.3, -0.25) is 10.1 Å². The number of halogens is 3. The maximum Gasteiger partial charge on any atom is 0.257 e. The highest BCUT2D eigenvalue weighted by atomic mass is 35.5. The van der Waals surface area contributed by atoms with Crippen molar-refractivity contribution in [1.29, 1.82) is 0 Å². The van der Waals surface area contributed by atoms with Gasteiger partial charge in [-0.2, -0.15) is 0 Å². The molecule has 94 valence electrons. The van der Waals surface area contributed by atoms with Crippen molar-refractivity contribution in [3.05, 3.63) is 46.5 Å². The van der Waals surface area contributed by atoms with E-state index in [0.717, 1.165) is 12.1 Å². The van der Waals surface area contributed by atoms with Crippen molar-refractivity contribution in [2.75, 3.05) is 5.32 Å². The number of nitrogens with zero attached hydrogens (tertiary/aromatic N) is 1. The molecule has 1 aromatic heterocycles. The van der Waals surface area contributed by atoms with Crippen molar-refractivity contribution in [2.45, 2.75) is 5.88 Å². The fraction of sp³-hybridized carbons (Fsp3) is 0.0909. The summed E-state index contributed by atoms with van der Waals surface area (Å²) in [4.78, 5) is 15.7. The van der Waals surface area contributed by atoms with E-state index in [9.17, 15) is 13.6 Å². The van der Waals surface area contributed by atoms with E-state index in [4.69, 9.17) is 11.6 Å². The molecule has 7 heteroatoms. The first-order valence-corrected chi connectivity index (χ1v) is 6.27. The fourth-order valence-electron chi connectivity index (χ4n) is 1.28. The minimum atomic E-state index is -0.805. The van der Waals surface area contributed by atoms with Crippen LogP contribution in [0.2, 0.25) is 0 Å². The summed E-state index contributed by atoms with van der Waals surface area (Å²) in [6, 6.07) is 2.61. The Morgan fingerprint density at radius 2 is 2.00 bits per heavy atom. The van der Waals surface area contributed by atoms with E-state index in [1.54, 1.807) is 5.38 Å². The monoisotopic (exact) mass is 288 g/mol. The molecule has 2 aromatic rings. The van der Waals surface area contributed by atoms with E-state index < -0.39 is 17.5 Å². The van der Waals surface area contributed by atoms with E-state index >= 15 is 0 Å². The first kappa shape index (κ1) is 12.9. The van der Waals surface area contributed by atoms with E-state index in [1.165, 1.54) is 11.3 Å². The average molecular weight is 289 g/mol. The number of alkyl halides is 1. The molecule has 0 unspecified atom stereocenters. The van der Waals surface area contributed by atoms with Gasteiger partial charge in [-0.1, -0.05) is 0 Å². The van der Waals surface area contributed by atoms with Gasteiger partial charge in [0.25, 0.3) is 5.91 Å². The minimum Gasteiger partial charge on any atom is -0.298 e. The summed E-state index contributed by atoms with van der Waals surface area (Å²) in [5, 5.41) is 4.47. The number of hydrogen-bond donors (Lipinski definition) is 1.